The van der Waals surface area contributed by atoms with Gasteiger partial charge in [-0.3, -0.25) is 4.79 Å². The third kappa shape index (κ3) is 2.25. The van der Waals surface area contributed by atoms with Gasteiger partial charge in [0.1, 0.15) is 11.6 Å². The molecule has 4 heteroatoms. The Labute approximate surface area is 88.4 Å². The summed E-state index contributed by atoms with van der Waals surface area (Å²) in [6.07, 6.45) is 0. The molecule has 80 valence electrons. The number of hydrogen-bond donors (Lipinski definition) is 1. The van der Waals surface area contributed by atoms with Gasteiger partial charge in [-0.25, -0.2) is 0 Å². The van der Waals surface area contributed by atoms with Crippen LogP contribution in [0.1, 0.15) is 31.0 Å². The van der Waals surface area contributed by atoms with Gasteiger partial charge in [-0.1, -0.05) is 13.8 Å². The quantitative estimate of drug-likeness (QED) is 0.796. The molecular formula is C11H14N2O2. The van der Waals surface area contributed by atoms with Crippen LogP contribution in [0.25, 0.3) is 0 Å². The second-order valence-electron chi connectivity index (χ2n) is 3.62. The summed E-state index contributed by atoms with van der Waals surface area (Å²) in [6.45, 7) is 4.07. The Balaban J connectivity index is 3.39. The van der Waals surface area contributed by atoms with Crippen LogP contribution >= 0.6 is 0 Å². The van der Waals surface area contributed by atoms with Crippen LogP contribution in [0, 0.1) is 11.3 Å². The second-order valence-corrected chi connectivity index (χ2v) is 3.62. The van der Waals surface area contributed by atoms with E-state index in [0.29, 0.717) is 0 Å². The predicted octanol–water partition coefficient (Wildman–Crippen LogP) is 0.836. The summed E-state index contributed by atoms with van der Waals surface area (Å²) in [6, 6.07) is 5.14. The molecule has 1 aromatic rings. The Kier molecular flexibility index (Phi) is 3.64. The predicted molar refractivity (Wildman–Crippen MR) is 56.6 cm³/mol. The lowest BCUT2D eigenvalue weighted by Gasteiger charge is -2.14. The summed E-state index contributed by atoms with van der Waals surface area (Å²) >= 11 is 0. The summed E-state index contributed by atoms with van der Waals surface area (Å²) in [7, 11) is 0. The van der Waals surface area contributed by atoms with Crippen LogP contribution in [0.5, 0.6) is 0 Å². The van der Waals surface area contributed by atoms with Crippen molar-refractivity contribution in [2.45, 2.75) is 26.3 Å². The fourth-order valence-corrected chi connectivity index (χ4v) is 1.51. The van der Waals surface area contributed by atoms with Crippen molar-refractivity contribution in [2.24, 2.45) is 0 Å². The van der Waals surface area contributed by atoms with E-state index in [-0.39, 0.29) is 30.2 Å². The van der Waals surface area contributed by atoms with Gasteiger partial charge in [0.15, 0.2) is 0 Å². The minimum absolute atomic E-state index is 0.103. The maximum Gasteiger partial charge on any atom is 0.268 e. The summed E-state index contributed by atoms with van der Waals surface area (Å²) in [5, 5.41) is 17.6. The first-order chi connectivity index (χ1) is 7.11. The molecule has 4 nitrogen and oxygen atoms in total. The third-order valence-electron chi connectivity index (χ3n) is 2.24. The van der Waals surface area contributed by atoms with E-state index in [4.69, 9.17) is 10.4 Å². The molecule has 0 fully saturated rings. The molecule has 1 rings (SSSR count). The first kappa shape index (κ1) is 11.5. The van der Waals surface area contributed by atoms with Crippen LogP contribution in [-0.2, 0) is 6.54 Å². The standard InChI is InChI=1S/C11H14N2O2/c1-8(2)10-4-3-9(7-12)11(15)13(10)5-6-14/h3-4,8,14H,5-6H2,1-2H3. The topological polar surface area (TPSA) is 66.0 Å². The number of nitriles is 1. The van der Waals surface area contributed by atoms with E-state index < -0.39 is 0 Å². The minimum atomic E-state index is -0.322. The molecule has 0 aliphatic carbocycles. The highest BCUT2D eigenvalue weighted by atomic mass is 16.3. The molecule has 0 saturated heterocycles. The maximum atomic E-state index is 11.7. The average Bonchev–Trinajstić information content (AvgIpc) is 2.20. The highest BCUT2D eigenvalue weighted by molar-refractivity contribution is 5.28. The summed E-state index contributed by atoms with van der Waals surface area (Å²) in [5.74, 6) is 0.192. The molecule has 0 radical (unpaired) electrons. The van der Waals surface area contributed by atoms with E-state index in [0.717, 1.165) is 5.69 Å². The molecule has 0 spiro atoms. The van der Waals surface area contributed by atoms with Crippen molar-refractivity contribution < 1.29 is 5.11 Å². The van der Waals surface area contributed by atoms with E-state index in [1.165, 1.54) is 10.6 Å². The highest BCUT2D eigenvalue weighted by Gasteiger charge is 2.10. The van der Waals surface area contributed by atoms with Crippen LogP contribution in [0.4, 0.5) is 0 Å². The molecule has 1 heterocycles. The van der Waals surface area contributed by atoms with E-state index in [1.807, 2.05) is 19.9 Å². The number of nitrogens with zero attached hydrogens (tertiary/aromatic N) is 2. The largest absolute Gasteiger partial charge is 0.395 e. The Morgan fingerprint density at radius 3 is 2.67 bits per heavy atom. The van der Waals surface area contributed by atoms with Gasteiger partial charge in [0, 0.05) is 12.2 Å². The fraction of sp³-hybridized carbons (Fsp3) is 0.455. The number of hydrogen-bond acceptors (Lipinski definition) is 3. The monoisotopic (exact) mass is 206 g/mol. The maximum absolute atomic E-state index is 11.7. The Hall–Kier alpha value is -1.60. The minimum Gasteiger partial charge on any atom is -0.395 e. The summed E-state index contributed by atoms with van der Waals surface area (Å²) in [4.78, 5) is 11.7. The van der Waals surface area contributed by atoms with E-state index >= 15 is 0 Å². The molecule has 1 aromatic heterocycles. The molecule has 15 heavy (non-hydrogen) atoms. The number of pyridine rings is 1. The van der Waals surface area contributed by atoms with Gasteiger partial charge in [0.2, 0.25) is 0 Å². The smallest absolute Gasteiger partial charge is 0.268 e. The molecule has 0 aromatic carbocycles. The van der Waals surface area contributed by atoms with Gasteiger partial charge in [0.05, 0.1) is 6.61 Å². The van der Waals surface area contributed by atoms with Gasteiger partial charge in [-0.2, -0.15) is 5.26 Å². The second kappa shape index (κ2) is 4.76. The normalized spacial score (nSPS) is 10.3. The number of aliphatic hydroxyl groups is 1. The molecule has 0 amide bonds. The molecule has 0 atom stereocenters. The van der Waals surface area contributed by atoms with Crippen molar-refractivity contribution in [2.75, 3.05) is 6.61 Å². The van der Waals surface area contributed by atoms with Crippen LogP contribution in [0.15, 0.2) is 16.9 Å². The van der Waals surface area contributed by atoms with Gasteiger partial charge in [0.25, 0.3) is 5.56 Å². The highest BCUT2D eigenvalue weighted by Crippen LogP contribution is 2.12. The first-order valence-electron chi connectivity index (χ1n) is 4.86. The number of aromatic nitrogens is 1. The van der Waals surface area contributed by atoms with Gasteiger partial charge in [-0.05, 0) is 18.1 Å². The Morgan fingerprint density at radius 1 is 1.53 bits per heavy atom. The average molecular weight is 206 g/mol. The van der Waals surface area contributed by atoms with Crippen LogP contribution in [0.3, 0.4) is 0 Å². The Morgan fingerprint density at radius 2 is 2.20 bits per heavy atom. The van der Waals surface area contributed by atoms with E-state index in [9.17, 15) is 4.79 Å². The third-order valence-corrected chi connectivity index (χ3v) is 2.24. The van der Waals surface area contributed by atoms with Crippen LogP contribution in [-0.4, -0.2) is 16.3 Å². The lowest BCUT2D eigenvalue weighted by atomic mass is 10.1. The van der Waals surface area contributed by atoms with Crippen molar-refractivity contribution in [3.8, 4) is 6.07 Å². The van der Waals surface area contributed by atoms with E-state index in [1.54, 1.807) is 6.07 Å². The van der Waals surface area contributed by atoms with Crippen molar-refractivity contribution in [3.05, 3.63) is 33.7 Å². The molecule has 0 saturated carbocycles. The molecule has 0 bridgehead atoms. The van der Waals surface area contributed by atoms with Gasteiger partial charge >= 0.3 is 0 Å². The first-order valence-corrected chi connectivity index (χ1v) is 4.86. The zero-order valence-corrected chi connectivity index (χ0v) is 8.90. The number of aliphatic hydroxyl groups excluding tert-OH is 1. The molecule has 0 unspecified atom stereocenters. The van der Waals surface area contributed by atoms with Crippen molar-refractivity contribution >= 4 is 0 Å². The van der Waals surface area contributed by atoms with Gasteiger partial charge in [-0.15, -0.1) is 0 Å². The molecule has 0 aliphatic rings. The van der Waals surface area contributed by atoms with E-state index in [2.05, 4.69) is 0 Å². The number of rotatable bonds is 3. The lowest BCUT2D eigenvalue weighted by Crippen LogP contribution is -2.27. The SMILES string of the molecule is CC(C)c1ccc(C#N)c(=O)n1CCO. The summed E-state index contributed by atoms with van der Waals surface area (Å²) < 4.78 is 1.46. The van der Waals surface area contributed by atoms with Crippen LogP contribution < -0.4 is 5.56 Å². The van der Waals surface area contributed by atoms with Crippen molar-refractivity contribution in [3.63, 3.8) is 0 Å². The van der Waals surface area contributed by atoms with Crippen molar-refractivity contribution in [1.82, 2.24) is 4.57 Å². The Bertz CT molecular complexity index is 441. The molecular weight excluding hydrogens is 192 g/mol. The van der Waals surface area contributed by atoms with Crippen molar-refractivity contribution in [1.29, 1.82) is 5.26 Å². The zero-order valence-electron chi connectivity index (χ0n) is 8.90. The van der Waals surface area contributed by atoms with Crippen LogP contribution in [0.2, 0.25) is 0 Å². The summed E-state index contributed by atoms with van der Waals surface area (Å²) in [5.41, 5.74) is 0.638. The zero-order chi connectivity index (χ0) is 11.4. The molecule has 0 aliphatic heterocycles. The van der Waals surface area contributed by atoms with Gasteiger partial charge < -0.3 is 9.67 Å². The molecule has 1 N–H and O–H groups in total. The fourth-order valence-electron chi connectivity index (χ4n) is 1.51. The lowest BCUT2D eigenvalue weighted by molar-refractivity contribution is 0.271.